The number of hydrogen-bond acceptors (Lipinski definition) is 9. The Kier molecular flexibility index (Phi) is 8.36. The third-order valence-corrected chi connectivity index (χ3v) is 7.64. The van der Waals surface area contributed by atoms with Crippen LogP contribution < -0.4 is 16.0 Å². The highest BCUT2D eigenvalue weighted by Gasteiger charge is 2.51. The number of fused-ring (bicyclic) bond motifs is 2. The Hall–Kier alpha value is -4.72. The van der Waals surface area contributed by atoms with E-state index in [9.17, 15) is 14.7 Å². The molecule has 5 atom stereocenters. The molecular formula is C30H32N8O5. The molecule has 4 unspecified atom stereocenters. The van der Waals surface area contributed by atoms with Crippen molar-refractivity contribution in [1.29, 1.82) is 0 Å². The predicted molar refractivity (Wildman–Crippen MR) is 157 cm³/mol. The lowest BCUT2D eigenvalue weighted by Crippen LogP contribution is -2.32. The molecular weight excluding hydrogens is 552 g/mol. The largest absolute Gasteiger partial charge is 0.478 e. The van der Waals surface area contributed by atoms with Gasteiger partial charge in [0.15, 0.2) is 23.3 Å². The Morgan fingerprint density at radius 1 is 1.07 bits per heavy atom. The molecule has 43 heavy (non-hydrogen) atoms. The monoisotopic (exact) mass is 584 g/mol. The summed E-state index contributed by atoms with van der Waals surface area (Å²) in [6.45, 7) is 3.16. The fourth-order valence-electron chi connectivity index (χ4n) is 5.73. The molecule has 1 aliphatic carbocycles. The molecule has 1 aromatic carbocycles. The number of pyridine rings is 1. The van der Waals surface area contributed by atoms with Crippen molar-refractivity contribution in [1.82, 2.24) is 35.1 Å². The molecule has 222 valence electrons. The lowest BCUT2D eigenvalue weighted by Gasteiger charge is -2.20. The highest BCUT2D eigenvalue weighted by Crippen LogP contribution is 2.45. The van der Waals surface area contributed by atoms with Crippen molar-refractivity contribution < 1.29 is 24.2 Å². The van der Waals surface area contributed by atoms with Crippen molar-refractivity contribution >= 4 is 35.1 Å². The summed E-state index contributed by atoms with van der Waals surface area (Å²) in [5, 5.41) is 18.3. The summed E-state index contributed by atoms with van der Waals surface area (Å²) >= 11 is 0. The van der Waals surface area contributed by atoms with Crippen molar-refractivity contribution in [2.75, 3.05) is 18.4 Å². The zero-order chi connectivity index (χ0) is 29.8. The van der Waals surface area contributed by atoms with Gasteiger partial charge in [-0.1, -0.05) is 36.4 Å². The molecule has 1 saturated heterocycles. The number of hydrogen-bond donors (Lipinski definition) is 4. The van der Waals surface area contributed by atoms with Gasteiger partial charge in [-0.25, -0.2) is 24.5 Å². The molecule has 13 heteroatoms. The SMILES string of the molecule is CCNC(=O)Nc1ncnc2c1ncn2C1CC(CNCc2ncccc2C(=O)O)C2O[C@H](/C=C/c3ccccc3)OC21. The third kappa shape index (κ3) is 6.09. The predicted octanol–water partition coefficient (Wildman–Crippen LogP) is 3.24. The summed E-state index contributed by atoms with van der Waals surface area (Å²) in [7, 11) is 0. The number of urea groups is 1. The highest BCUT2D eigenvalue weighted by molar-refractivity contribution is 5.95. The summed E-state index contributed by atoms with van der Waals surface area (Å²) in [6.07, 6.45) is 8.18. The zero-order valence-electron chi connectivity index (χ0n) is 23.5. The van der Waals surface area contributed by atoms with Gasteiger partial charge in [0.1, 0.15) is 12.4 Å². The number of carbonyl (C=O) groups is 2. The van der Waals surface area contributed by atoms with Crippen molar-refractivity contribution in [2.45, 2.75) is 44.4 Å². The van der Waals surface area contributed by atoms with Crippen LogP contribution in [0.25, 0.3) is 17.2 Å². The molecule has 0 bridgehead atoms. The lowest BCUT2D eigenvalue weighted by molar-refractivity contribution is -0.0499. The number of aromatic nitrogens is 5. The fraction of sp³-hybridized carbons (Fsp3) is 0.333. The van der Waals surface area contributed by atoms with Crippen LogP contribution >= 0.6 is 0 Å². The Balaban J connectivity index is 1.24. The lowest BCUT2D eigenvalue weighted by atomic mass is 10.1. The molecule has 4 N–H and O–H groups in total. The maximum atomic E-state index is 12.2. The van der Waals surface area contributed by atoms with Crippen LogP contribution in [0, 0.1) is 5.92 Å². The van der Waals surface area contributed by atoms with Crippen LogP contribution in [0.5, 0.6) is 0 Å². The number of ether oxygens (including phenoxy) is 2. The number of benzene rings is 1. The normalized spacial score (nSPS) is 23.0. The summed E-state index contributed by atoms with van der Waals surface area (Å²) in [4.78, 5) is 41.3. The van der Waals surface area contributed by atoms with Gasteiger partial charge in [0.25, 0.3) is 0 Å². The van der Waals surface area contributed by atoms with E-state index in [1.54, 1.807) is 24.7 Å². The molecule has 4 aromatic rings. The van der Waals surface area contributed by atoms with Gasteiger partial charge >= 0.3 is 12.0 Å². The second-order valence-electron chi connectivity index (χ2n) is 10.4. The van der Waals surface area contributed by atoms with E-state index < -0.39 is 12.3 Å². The first kappa shape index (κ1) is 28.4. The molecule has 2 aliphatic rings. The minimum Gasteiger partial charge on any atom is -0.478 e. The van der Waals surface area contributed by atoms with Crippen molar-refractivity contribution in [3.8, 4) is 0 Å². The minimum absolute atomic E-state index is 0.0364. The Bertz CT molecular complexity index is 1630. The minimum atomic E-state index is -1.01. The van der Waals surface area contributed by atoms with E-state index in [0.717, 1.165) is 5.56 Å². The maximum absolute atomic E-state index is 12.2. The van der Waals surface area contributed by atoms with Crippen molar-refractivity contribution in [3.63, 3.8) is 0 Å². The molecule has 1 aliphatic heterocycles. The van der Waals surface area contributed by atoms with E-state index in [1.807, 2.05) is 54.0 Å². The molecule has 1 saturated carbocycles. The Morgan fingerprint density at radius 3 is 2.72 bits per heavy atom. The second kappa shape index (κ2) is 12.7. The Morgan fingerprint density at radius 2 is 1.91 bits per heavy atom. The smallest absolute Gasteiger partial charge is 0.337 e. The fourth-order valence-corrected chi connectivity index (χ4v) is 5.73. The summed E-state index contributed by atoms with van der Waals surface area (Å²) < 4.78 is 14.9. The van der Waals surface area contributed by atoms with Gasteiger partial charge in [0, 0.05) is 31.7 Å². The number of rotatable bonds is 10. The van der Waals surface area contributed by atoms with E-state index in [1.165, 1.54) is 6.33 Å². The quantitative estimate of drug-likeness (QED) is 0.217. The number of imidazole rings is 1. The van der Waals surface area contributed by atoms with E-state index in [0.29, 0.717) is 48.7 Å². The molecule has 6 rings (SSSR count). The van der Waals surface area contributed by atoms with Crippen molar-refractivity contribution in [3.05, 3.63) is 84.2 Å². The molecule has 4 heterocycles. The molecule has 0 radical (unpaired) electrons. The highest BCUT2D eigenvalue weighted by atomic mass is 16.7. The van der Waals surface area contributed by atoms with Crippen molar-refractivity contribution in [2.24, 2.45) is 5.92 Å². The van der Waals surface area contributed by atoms with Gasteiger partial charge in [0.2, 0.25) is 0 Å². The van der Waals surface area contributed by atoms with Crippen LogP contribution in [0.3, 0.4) is 0 Å². The first-order chi connectivity index (χ1) is 21.0. The average Bonchev–Trinajstić information content (AvgIpc) is 3.72. The van der Waals surface area contributed by atoms with Gasteiger partial charge in [-0.2, -0.15) is 0 Å². The third-order valence-electron chi connectivity index (χ3n) is 7.64. The number of carbonyl (C=O) groups excluding carboxylic acids is 1. The molecule has 13 nitrogen and oxygen atoms in total. The van der Waals surface area contributed by atoms with Gasteiger partial charge in [-0.15, -0.1) is 0 Å². The molecule has 0 spiro atoms. The number of amides is 2. The Labute approximate surface area is 247 Å². The molecule has 2 amide bonds. The number of nitrogens with zero attached hydrogens (tertiary/aromatic N) is 5. The van der Waals surface area contributed by atoms with Crippen LogP contribution in [-0.4, -0.2) is 73.2 Å². The second-order valence-corrected chi connectivity index (χ2v) is 10.4. The first-order valence-corrected chi connectivity index (χ1v) is 14.2. The summed E-state index contributed by atoms with van der Waals surface area (Å²) in [5.74, 6) is -0.657. The molecule has 2 fully saturated rings. The topological polar surface area (TPSA) is 165 Å². The van der Waals surface area contributed by atoms with Crippen LogP contribution in [0.4, 0.5) is 10.6 Å². The van der Waals surface area contributed by atoms with Gasteiger partial charge in [-0.3, -0.25) is 10.3 Å². The summed E-state index contributed by atoms with van der Waals surface area (Å²) in [6, 6.07) is 12.6. The van der Waals surface area contributed by atoms with Gasteiger partial charge in [-0.05, 0) is 37.1 Å². The molecule has 3 aromatic heterocycles. The van der Waals surface area contributed by atoms with E-state index >= 15 is 0 Å². The first-order valence-electron chi connectivity index (χ1n) is 14.2. The standard InChI is InChI=1S/C30H32N8O5/c1-2-32-30(41)37-27-24-28(35-16-34-27)38(17-36-24)22-13-19(14-31-15-21-20(29(39)40)9-6-12-33-21)25-26(22)43-23(42-25)11-10-18-7-4-3-5-8-18/h3-12,16-17,19,22-23,25-26,31H,2,13-15H2,1H3,(H,39,40)(H2,32,34,35,37,41)/b11-10+/t19?,22?,23-,25?,26?/m0/s1. The van der Waals surface area contributed by atoms with E-state index in [4.69, 9.17) is 9.47 Å². The van der Waals surface area contributed by atoms with Gasteiger partial charge < -0.3 is 29.8 Å². The number of nitrogens with one attached hydrogen (secondary N) is 3. The zero-order valence-corrected chi connectivity index (χ0v) is 23.5. The van der Waals surface area contributed by atoms with E-state index in [-0.39, 0.29) is 35.8 Å². The number of carboxylic acid groups (broad SMARTS) is 1. The maximum Gasteiger partial charge on any atom is 0.337 e. The van der Waals surface area contributed by atoms with Crippen LogP contribution in [-0.2, 0) is 16.0 Å². The van der Waals surface area contributed by atoms with Crippen LogP contribution in [0.15, 0.2) is 67.4 Å². The number of carboxylic acids is 1. The van der Waals surface area contributed by atoms with Gasteiger partial charge in [0.05, 0.1) is 29.7 Å². The summed E-state index contributed by atoms with van der Waals surface area (Å²) in [5.41, 5.74) is 2.73. The van der Waals surface area contributed by atoms with Crippen LogP contribution in [0.1, 0.15) is 41.0 Å². The number of anilines is 1. The average molecular weight is 585 g/mol. The van der Waals surface area contributed by atoms with Crippen LogP contribution in [0.2, 0.25) is 0 Å². The van der Waals surface area contributed by atoms with E-state index in [2.05, 4.69) is 35.9 Å². The number of aromatic carboxylic acids is 1.